The average molecular weight is 563 g/mol. The smallest absolute Gasteiger partial charge is 0.321 e. The van der Waals surface area contributed by atoms with Crippen molar-refractivity contribution in [1.29, 1.82) is 0 Å². The van der Waals surface area contributed by atoms with Gasteiger partial charge in [0.25, 0.3) is 0 Å². The second kappa shape index (κ2) is 11.8. The van der Waals surface area contributed by atoms with Gasteiger partial charge < -0.3 is 20.1 Å². The second-order valence-corrected chi connectivity index (χ2v) is 10.3. The summed E-state index contributed by atoms with van der Waals surface area (Å²) in [6.45, 7) is 5.58. The Labute approximate surface area is 234 Å². The molecule has 4 aromatic rings. The van der Waals surface area contributed by atoms with Crippen LogP contribution in [0.2, 0.25) is 0 Å². The zero-order chi connectivity index (χ0) is 28.2. The summed E-state index contributed by atoms with van der Waals surface area (Å²) in [5.74, 6) is 0.432. The van der Waals surface area contributed by atoms with E-state index >= 15 is 0 Å². The number of aliphatic carboxylic acids is 1. The number of carboxylic acids is 1. The lowest BCUT2D eigenvalue weighted by molar-refractivity contribution is -0.142. The van der Waals surface area contributed by atoms with Crippen molar-refractivity contribution in [3.8, 4) is 28.4 Å². The van der Waals surface area contributed by atoms with Gasteiger partial charge >= 0.3 is 12.0 Å². The van der Waals surface area contributed by atoms with Crippen molar-refractivity contribution in [2.75, 3.05) is 37.0 Å². The number of anilines is 2. The van der Waals surface area contributed by atoms with Crippen LogP contribution in [0.1, 0.15) is 32.4 Å². The molecule has 0 spiro atoms. The number of carboxylic acid groups (broad SMARTS) is 1. The lowest BCUT2D eigenvalue weighted by atomic mass is 9.97. The molecule has 0 bridgehead atoms. The molecular formula is C27H30N8O4S. The number of piperidine rings is 1. The number of aromatic nitrogens is 5. The maximum Gasteiger partial charge on any atom is 0.321 e. The highest BCUT2D eigenvalue weighted by molar-refractivity contribution is 7.22. The normalized spacial score (nSPS) is 13.8. The number of benzene rings is 1. The molecule has 0 aliphatic carbocycles. The van der Waals surface area contributed by atoms with Crippen molar-refractivity contribution in [2.24, 2.45) is 5.92 Å². The first-order valence-electron chi connectivity index (χ1n) is 13.1. The van der Waals surface area contributed by atoms with Gasteiger partial charge in [-0.3, -0.25) is 10.1 Å². The van der Waals surface area contributed by atoms with Gasteiger partial charge in [-0.2, -0.15) is 4.98 Å². The zero-order valence-electron chi connectivity index (χ0n) is 22.5. The van der Waals surface area contributed by atoms with Crippen LogP contribution in [-0.4, -0.2) is 68.8 Å². The van der Waals surface area contributed by atoms with Crippen molar-refractivity contribution < 1.29 is 19.4 Å². The Balaban J connectivity index is 1.56. The van der Waals surface area contributed by atoms with E-state index in [0.29, 0.717) is 67.2 Å². The van der Waals surface area contributed by atoms with E-state index in [9.17, 15) is 14.7 Å². The highest BCUT2D eigenvalue weighted by Crippen LogP contribution is 2.39. The van der Waals surface area contributed by atoms with Crippen LogP contribution in [0.25, 0.3) is 32.7 Å². The fourth-order valence-electron chi connectivity index (χ4n) is 4.69. The van der Waals surface area contributed by atoms with E-state index in [2.05, 4.69) is 30.6 Å². The molecule has 0 saturated carbocycles. The molecular weight excluding hydrogens is 532 g/mol. The highest BCUT2D eigenvalue weighted by Gasteiger charge is 2.26. The number of hydrogen-bond acceptors (Lipinski definition) is 10. The van der Waals surface area contributed by atoms with Gasteiger partial charge in [-0.05, 0) is 43.9 Å². The molecule has 0 unspecified atom stereocenters. The van der Waals surface area contributed by atoms with Crippen molar-refractivity contribution in [2.45, 2.75) is 33.1 Å². The summed E-state index contributed by atoms with van der Waals surface area (Å²) in [7, 11) is 1.55. The summed E-state index contributed by atoms with van der Waals surface area (Å²) in [5.41, 5.74) is 3.98. The molecule has 3 aromatic heterocycles. The molecule has 1 aliphatic rings. The fourth-order valence-corrected chi connectivity index (χ4v) is 5.64. The van der Waals surface area contributed by atoms with E-state index < -0.39 is 5.97 Å². The number of carbonyl (C=O) groups is 2. The van der Waals surface area contributed by atoms with Gasteiger partial charge in [-0.1, -0.05) is 18.3 Å². The third kappa shape index (κ3) is 5.64. The van der Waals surface area contributed by atoms with Crippen LogP contribution in [0.4, 0.5) is 15.9 Å². The Kier molecular flexibility index (Phi) is 8.01. The van der Waals surface area contributed by atoms with Crippen molar-refractivity contribution >= 4 is 44.6 Å². The molecule has 1 saturated heterocycles. The first-order chi connectivity index (χ1) is 19.4. The van der Waals surface area contributed by atoms with Gasteiger partial charge in [-0.25, -0.2) is 24.7 Å². The molecule has 13 heteroatoms. The number of rotatable bonds is 8. The summed E-state index contributed by atoms with van der Waals surface area (Å²) < 4.78 is 6.15. The zero-order valence-corrected chi connectivity index (χ0v) is 23.3. The minimum Gasteiger partial charge on any atom is -0.481 e. The van der Waals surface area contributed by atoms with Crippen LogP contribution in [0, 0.1) is 5.92 Å². The van der Waals surface area contributed by atoms with Gasteiger partial charge in [0.15, 0.2) is 11.0 Å². The number of hydrogen-bond donors (Lipinski definition) is 3. The number of methoxy groups -OCH3 is 1. The number of carbonyl (C=O) groups excluding carboxylic acids is 1. The first-order valence-corrected chi connectivity index (χ1v) is 13.9. The molecule has 208 valence electrons. The third-order valence-electron chi connectivity index (χ3n) is 6.76. The molecule has 1 fully saturated rings. The molecule has 0 atom stereocenters. The van der Waals surface area contributed by atoms with Crippen LogP contribution in [0.5, 0.6) is 5.88 Å². The van der Waals surface area contributed by atoms with E-state index in [4.69, 9.17) is 9.72 Å². The summed E-state index contributed by atoms with van der Waals surface area (Å²) in [5, 5.41) is 15.3. The van der Waals surface area contributed by atoms with E-state index in [0.717, 1.165) is 27.1 Å². The Morgan fingerprint density at radius 2 is 1.93 bits per heavy atom. The van der Waals surface area contributed by atoms with Gasteiger partial charge in [0.2, 0.25) is 11.8 Å². The average Bonchev–Trinajstić information content (AvgIpc) is 3.38. The largest absolute Gasteiger partial charge is 0.481 e. The molecule has 4 heterocycles. The standard InChI is InChI=1S/C27H30N8O4S/c1-4-19-18(14-30-25(31-19)35-10-7-15(8-11-35)24(36)37)16-12-17(23-29-9-6-21(33-23)39-3)22-20(13-16)32-27(40-22)34-26(38)28-5-2/h6,9,12-15H,4-5,7-8,10-11H2,1-3H3,(H,36,37)(H2,28,32,34,38). The van der Waals surface area contributed by atoms with E-state index in [1.165, 1.54) is 11.3 Å². The monoisotopic (exact) mass is 562 g/mol. The maximum absolute atomic E-state index is 12.2. The minimum absolute atomic E-state index is 0.323. The predicted octanol–water partition coefficient (Wildman–Crippen LogP) is 4.22. The lowest BCUT2D eigenvalue weighted by Crippen LogP contribution is -2.37. The Morgan fingerprint density at radius 3 is 2.62 bits per heavy atom. The number of fused-ring (bicyclic) bond motifs is 1. The molecule has 0 radical (unpaired) electrons. The number of amides is 2. The van der Waals surface area contributed by atoms with E-state index in [-0.39, 0.29) is 11.9 Å². The summed E-state index contributed by atoms with van der Waals surface area (Å²) in [6.07, 6.45) is 5.25. The molecule has 5 rings (SSSR count). The van der Waals surface area contributed by atoms with E-state index in [1.807, 2.05) is 37.1 Å². The minimum atomic E-state index is -0.747. The van der Waals surface area contributed by atoms with Crippen molar-refractivity contribution in [3.63, 3.8) is 0 Å². The van der Waals surface area contributed by atoms with Gasteiger partial charge in [0, 0.05) is 49.2 Å². The third-order valence-corrected chi connectivity index (χ3v) is 7.78. The Hall–Kier alpha value is -4.39. The van der Waals surface area contributed by atoms with Crippen LogP contribution >= 0.6 is 11.3 Å². The fraction of sp³-hybridized carbons (Fsp3) is 0.370. The highest BCUT2D eigenvalue weighted by atomic mass is 32.1. The summed E-state index contributed by atoms with van der Waals surface area (Å²) in [6, 6.07) is 5.29. The number of nitrogens with one attached hydrogen (secondary N) is 2. The number of aryl methyl sites for hydroxylation is 1. The number of nitrogens with zero attached hydrogens (tertiary/aromatic N) is 6. The predicted molar refractivity (Wildman–Crippen MR) is 153 cm³/mol. The number of thiazole rings is 1. The SMILES string of the molecule is CCNC(=O)Nc1nc2cc(-c3cnc(N4CCC(C(=O)O)CC4)nc3CC)cc(-c3nccc(OC)n3)c2s1. The van der Waals surface area contributed by atoms with Gasteiger partial charge in [0.1, 0.15) is 0 Å². The van der Waals surface area contributed by atoms with Crippen molar-refractivity contribution in [1.82, 2.24) is 30.2 Å². The molecule has 12 nitrogen and oxygen atoms in total. The Morgan fingerprint density at radius 1 is 1.12 bits per heavy atom. The van der Waals surface area contributed by atoms with Crippen molar-refractivity contribution in [3.05, 3.63) is 36.3 Å². The summed E-state index contributed by atoms with van der Waals surface area (Å²) >= 11 is 1.34. The quantitative estimate of drug-likeness (QED) is 0.284. The van der Waals surface area contributed by atoms with Crippen LogP contribution in [0.15, 0.2) is 30.6 Å². The molecule has 40 heavy (non-hydrogen) atoms. The molecule has 1 aliphatic heterocycles. The number of urea groups is 1. The van der Waals surface area contributed by atoms with Crippen LogP contribution in [0.3, 0.4) is 0 Å². The van der Waals surface area contributed by atoms with E-state index in [1.54, 1.807) is 19.4 Å². The second-order valence-electron chi connectivity index (χ2n) is 9.28. The maximum atomic E-state index is 12.2. The van der Waals surface area contributed by atoms with Gasteiger partial charge in [0.05, 0.1) is 28.9 Å². The lowest BCUT2D eigenvalue weighted by Gasteiger charge is -2.30. The first kappa shape index (κ1) is 27.2. The summed E-state index contributed by atoms with van der Waals surface area (Å²) in [4.78, 5) is 48.8. The number of ether oxygens (including phenoxy) is 1. The molecule has 3 N–H and O–H groups in total. The van der Waals surface area contributed by atoms with Gasteiger partial charge in [-0.15, -0.1) is 0 Å². The Bertz CT molecular complexity index is 1550. The molecule has 1 aromatic carbocycles. The molecule has 2 amide bonds. The van der Waals surface area contributed by atoms with Crippen LogP contribution < -0.4 is 20.3 Å². The van der Waals surface area contributed by atoms with Crippen LogP contribution in [-0.2, 0) is 11.2 Å². The topological polar surface area (TPSA) is 155 Å².